The number of rotatable bonds is 3. The van der Waals surface area contributed by atoms with Gasteiger partial charge in [-0.3, -0.25) is 0 Å². The number of hydrogen-bond donors (Lipinski definition) is 0. The molecule has 0 radical (unpaired) electrons. The number of nitriles is 1. The van der Waals surface area contributed by atoms with Crippen molar-refractivity contribution in [3.8, 4) is 6.07 Å². The molecule has 1 fully saturated rings. The third-order valence-corrected chi connectivity index (χ3v) is 5.31. The highest BCUT2D eigenvalue weighted by molar-refractivity contribution is 6.16. The van der Waals surface area contributed by atoms with Crippen molar-refractivity contribution in [1.82, 2.24) is 9.55 Å². The maximum Gasteiger partial charge on any atom is 0.125 e. The van der Waals surface area contributed by atoms with Crippen LogP contribution in [0.15, 0.2) is 18.2 Å². The summed E-state index contributed by atoms with van der Waals surface area (Å²) in [5.41, 5.74) is 2.48. The Hall–Kier alpha value is -1.53. The average molecular weight is 302 g/mol. The maximum atomic E-state index is 9.27. The van der Waals surface area contributed by atoms with Crippen molar-refractivity contribution in [3.63, 3.8) is 0 Å². The van der Waals surface area contributed by atoms with Gasteiger partial charge in [0, 0.05) is 6.04 Å². The van der Waals surface area contributed by atoms with Gasteiger partial charge in [0.1, 0.15) is 17.4 Å². The lowest BCUT2D eigenvalue weighted by molar-refractivity contribution is 0.330. The van der Waals surface area contributed by atoms with Crippen molar-refractivity contribution in [3.05, 3.63) is 29.6 Å². The summed E-state index contributed by atoms with van der Waals surface area (Å²) in [7, 11) is 0. The summed E-state index contributed by atoms with van der Waals surface area (Å²) in [6.45, 7) is 4.61. The predicted molar refractivity (Wildman–Crippen MR) is 85.2 cm³/mol. The van der Waals surface area contributed by atoms with Crippen LogP contribution in [0.3, 0.4) is 0 Å². The molecule has 0 amide bonds. The minimum atomic E-state index is 0.388. The number of para-hydroxylation sites is 1. The molecule has 0 N–H and O–H groups in total. The predicted octanol–water partition coefficient (Wildman–Crippen LogP) is 4.64. The quantitative estimate of drug-likeness (QED) is 0.775. The highest BCUT2D eigenvalue weighted by Crippen LogP contribution is 2.43. The topological polar surface area (TPSA) is 41.6 Å². The Bertz CT molecular complexity index is 698. The van der Waals surface area contributed by atoms with Crippen LogP contribution < -0.4 is 0 Å². The third-order valence-electron chi connectivity index (χ3n) is 5.07. The number of fused-ring (bicyclic) bond motifs is 1. The summed E-state index contributed by atoms with van der Waals surface area (Å²) in [6.07, 6.45) is 3.66. The summed E-state index contributed by atoms with van der Waals surface area (Å²) in [5, 5.41) is 9.27. The molecule has 3 rings (SSSR count). The van der Waals surface area contributed by atoms with Gasteiger partial charge >= 0.3 is 0 Å². The number of halogens is 1. The molecule has 1 aliphatic rings. The zero-order valence-corrected chi connectivity index (χ0v) is 13.3. The SMILES string of the molecule is CCC1CCC(n2c(CCl)nc3c(C#N)cccc32)C1C. The lowest BCUT2D eigenvalue weighted by atomic mass is 9.93. The van der Waals surface area contributed by atoms with Gasteiger partial charge in [0.15, 0.2) is 0 Å². The van der Waals surface area contributed by atoms with Crippen LogP contribution in [0.5, 0.6) is 0 Å². The fraction of sp³-hybridized carbons (Fsp3) is 0.529. The molecule has 1 saturated carbocycles. The molecule has 0 bridgehead atoms. The Morgan fingerprint density at radius 3 is 2.86 bits per heavy atom. The van der Waals surface area contributed by atoms with Crippen molar-refractivity contribution >= 4 is 22.6 Å². The standard InChI is InChI=1S/C17H20ClN3/c1-3-12-7-8-14(11(12)2)21-15-6-4-5-13(10-19)17(15)20-16(21)9-18/h4-6,11-12,14H,3,7-9H2,1-2H3. The van der Waals surface area contributed by atoms with Gasteiger partial charge in [0.2, 0.25) is 0 Å². The van der Waals surface area contributed by atoms with Gasteiger partial charge in [-0.15, -0.1) is 11.6 Å². The van der Waals surface area contributed by atoms with E-state index >= 15 is 0 Å². The van der Waals surface area contributed by atoms with E-state index in [2.05, 4.69) is 35.5 Å². The van der Waals surface area contributed by atoms with Crippen molar-refractivity contribution in [2.45, 2.75) is 45.0 Å². The Morgan fingerprint density at radius 1 is 1.43 bits per heavy atom. The first-order valence-corrected chi connectivity index (χ1v) is 8.20. The molecule has 21 heavy (non-hydrogen) atoms. The summed E-state index contributed by atoms with van der Waals surface area (Å²) in [5.74, 6) is 2.68. The number of benzene rings is 1. The largest absolute Gasteiger partial charge is 0.324 e. The number of alkyl halides is 1. The van der Waals surface area contributed by atoms with Crippen LogP contribution in [-0.2, 0) is 5.88 Å². The summed E-state index contributed by atoms with van der Waals surface area (Å²) < 4.78 is 2.30. The normalized spacial score (nSPS) is 25.3. The van der Waals surface area contributed by atoms with E-state index < -0.39 is 0 Å². The highest BCUT2D eigenvalue weighted by atomic mass is 35.5. The van der Waals surface area contributed by atoms with Crippen molar-refractivity contribution in [2.24, 2.45) is 11.8 Å². The van der Waals surface area contributed by atoms with Crippen LogP contribution >= 0.6 is 11.6 Å². The first-order valence-electron chi connectivity index (χ1n) is 7.67. The molecule has 4 heteroatoms. The highest BCUT2D eigenvalue weighted by Gasteiger charge is 2.34. The molecule has 110 valence electrons. The van der Waals surface area contributed by atoms with Crippen LogP contribution in [0, 0.1) is 23.2 Å². The fourth-order valence-electron chi connectivity index (χ4n) is 3.88. The van der Waals surface area contributed by atoms with E-state index in [9.17, 15) is 5.26 Å². The average Bonchev–Trinajstić information content (AvgIpc) is 3.06. The van der Waals surface area contributed by atoms with Crippen LogP contribution in [0.4, 0.5) is 0 Å². The number of nitrogens with zero attached hydrogens (tertiary/aromatic N) is 3. The maximum absolute atomic E-state index is 9.27. The fourth-order valence-corrected chi connectivity index (χ4v) is 4.07. The molecule has 1 aromatic carbocycles. The van der Waals surface area contributed by atoms with Crippen molar-refractivity contribution < 1.29 is 0 Å². The molecular weight excluding hydrogens is 282 g/mol. The molecule has 3 unspecified atom stereocenters. The molecule has 0 aliphatic heterocycles. The Morgan fingerprint density at radius 2 is 2.24 bits per heavy atom. The summed E-state index contributed by atoms with van der Waals surface area (Å²) >= 11 is 6.13. The Labute approximate surface area is 130 Å². The smallest absolute Gasteiger partial charge is 0.125 e. The minimum absolute atomic E-state index is 0.388. The van der Waals surface area contributed by atoms with Gasteiger partial charge in [0.05, 0.1) is 17.0 Å². The number of hydrogen-bond acceptors (Lipinski definition) is 2. The van der Waals surface area contributed by atoms with Gasteiger partial charge in [-0.1, -0.05) is 26.3 Å². The monoisotopic (exact) mass is 301 g/mol. The van der Waals surface area contributed by atoms with Gasteiger partial charge in [0.25, 0.3) is 0 Å². The van der Waals surface area contributed by atoms with Crippen LogP contribution in [0.2, 0.25) is 0 Å². The summed E-state index contributed by atoms with van der Waals surface area (Å²) in [6, 6.07) is 8.51. The van der Waals surface area contributed by atoms with E-state index in [4.69, 9.17) is 11.6 Å². The summed E-state index contributed by atoms with van der Waals surface area (Å²) in [4.78, 5) is 4.64. The van der Waals surface area contributed by atoms with Gasteiger partial charge in [-0.25, -0.2) is 4.98 Å². The van der Waals surface area contributed by atoms with Crippen LogP contribution in [0.25, 0.3) is 11.0 Å². The van der Waals surface area contributed by atoms with Gasteiger partial charge < -0.3 is 4.57 Å². The number of aromatic nitrogens is 2. The third kappa shape index (κ3) is 2.22. The van der Waals surface area contributed by atoms with E-state index in [-0.39, 0.29) is 0 Å². The van der Waals surface area contributed by atoms with Gasteiger partial charge in [-0.2, -0.15) is 5.26 Å². The zero-order chi connectivity index (χ0) is 15.0. The molecule has 2 aromatic rings. The molecule has 3 nitrogen and oxygen atoms in total. The number of imidazole rings is 1. The lowest BCUT2D eigenvalue weighted by Crippen LogP contribution is -2.17. The van der Waals surface area contributed by atoms with E-state index in [1.165, 1.54) is 19.3 Å². The molecular formula is C17H20ClN3. The lowest BCUT2D eigenvalue weighted by Gasteiger charge is -2.23. The molecule has 3 atom stereocenters. The van der Waals surface area contributed by atoms with Crippen LogP contribution in [-0.4, -0.2) is 9.55 Å². The van der Waals surface area contributed by atoms with E-state index in [0.29, 0.717) is 23.4 Å². The molecule has 0 spiro atoms. The molecule has 1 aromatic heterocycles. The van der Waals surface area contributed by atoms with Gasteiger partial charge in [-0.05, 0) is 36.8 Å². The minimum Gasteiger partial charge on any atom is -0.324 e. The second-order valence-corrected chi connectivity index (χ2v) is 6.26. The first-order chi connectivity index (χ1) is 10.2. The Kier molecular flexibility index (Phi) is 3.91. The van der Waals surface area contributed by atoms with E-state index in [1.54, 1.807) is 0 Å². The molecule has 0 saturated heterocycles. The second kappa shape index (κ2) is 5.69. The van der Waals surface area contributed by atoms with Crippen LogP contribution in [0.1, 0.15) is 50.5 Å². The van der Waals surface area contributed by atoms with E-state index in [0.717, 1.165) is 22.8 Å². The van der Waals surface area contributed by atoms with Crippen molar-refractivity contribution in [1.29, 1.82) is 5.26 Å². The Balaban J connectivity index is 2.16. The van der Waals surface area contributed by atoms with Crippen molar-refractivity contribution in [2.75, 3.05) is 0 Å². The molecule has 1 heterocycles. The second-order valence-electron chi connectivity index (χ2n) is 5.99. The first kappa shape index (κ1) is 14.4. The van der Waals surface area contributed by atoms with E-state index in [1.807, 2.05) is 12.1 Å². The molecule has 1 aliphatic carbocycles. The zero-order valence-electron chi connectivity index (χ0n) is 12.5.